The van der Waals surface area contributed by atoms with Gasteiger partial charge in [-0.1, -0.05) is 25.3 Å². The normalized spacial score (nSPS) is 15.5. The molecule has 1 fully saturated rings. The second kappa shape index (κ2) is 7.25. The number of nitrogens with one attached hydrogen (secondary N) is 1. The van der Waals surface area contributed by atoms with E-state index in [1.165, 1.54) is 26.2 Å². The smallest absolute Gasteiger partial charge is 0.258 e. The Morgan fingerprint density at radius 1 is 1.24 bits per heavy atom. The highest BCUT2D eigenvalue weighted by atomic mass is 16.5. The van der Waals surface area contributed by atoms with E-state index >= 15 is 0 Å². The number of rotatable bonds is 5. The molecule has 0 atom stereocenters. The molecule has 4 heteroatoms. The number of amides is 1. The van der Waals surface area contributed by atoms with E-state index in [4.69, 9.17) is 4.74 Å². The molecule has 1 aromatic carbocycles. The van der Waals surface area contributed by atoms with Gasteiger partial charge in [-0.25, -0.2) is 0 Å². The van der Waals surface area contributed by atoms with Gasteiger partial charge in [0.25, 0.3) is 5.91 Å². The van der Waals surface area contributed by atoms with Gasteiger partial charge in [0, 0.05) is 6.04 Å². The number of carbonyl (C=O) groups excluding carboxylic acids is 2. The van der Waals surface area contributed by atoms with Crippen LogP contribution in [-0.2, 0) is 4.79 Å². The van der Waals surface area contributed by atoms with Gasteiger partial charge < -0.3 is 10.1 Å². The maximum atomic E-state index is 11.9. The Morgan fingerprint density at radius 2 is 1.95 bits per heavy atom. The Labute approximate surface area is 125 Å². The van der Waals surface area contributed by atoms with Crippen molar-refractivity contribution in [1.82, 2.24) is 5.32 Å². The summed E-state index contributed by atoms with van der Waals surface area (Å²) in [5.74, 6) is 0.317. The van der Waals surface area contributed by atoms with Gasteiger partial charge in [0.1, 0.15) is 5.75 Å². The van der Waals surface area contributed by atoms with E-state index in [-0.39, 0.29) is 24.3 Å². The molecule has 1 aliphatic carbocycles. The molecule has 1 N–H and O–H groups in total. The van der Waals surface area contributed by atoms with Gasteiger partial charge in [0.2, 0.25) is 0 Å². The first-order chi connectivity index (χ1) is 10.1. The van der Waals surface area contributed by atoms with Crippen LogP contribution in [0.3, 0.4) is 0 Å². The van der Waals surface area contributed by atoms with Crippen LogP contribution in [0.15, 0.2) is 18.2 Å². The topological polar surface area (TPSA) is 55.4 Å². The highest BCUT2D eigenvalue weighted by molar-refractivity contribution is 5.97. The molecule has 0 saturated heterocycles. The van der Waals surface area contributed by atoms with Crippen molar-refractivity contribution in [3.05, 3.63) is 29.3 Å². The largest absolute Gasteiger partial charge is 0.483 e. The quantitative estimate of drug-likeness (QED) is 0.848. The van der Waals surface area contributed by atoms with E-state index in [1.807, 2.05) is 13.0 Å². The highest BCUT2D eigenvalue weighted by Crippen LogP contribution is 2.21. The molecular weight excluding hydrogens is 266 g/mol. The van der Waals surface area contributed by atoms with Crippen LogP contribution in [0.2, 0.25) is 0 Å². The Morgan fingerprint density at radius 3 is 2.62 bits per heavy atom. The molecule has 0 aromatic heterocycles. The Kier molecular flexibility index (Phi) is 5.37. The average Bonchev–Trinajstić information content (AvgIpc) is 2.46. The fourth-order valence-corrected chi connectivity index (χ4v) is 2.70. The van der Waals surface area contributed by atoms with Crippen LogP contribution >= 0.6 is 0 Å². The molecule has 1 aromatic rings. The summed E-state index contributed by atoms with van der Waals surface area (Å²) >= 11 is 0. The molecule has 0 heterocycles. The lowest BCUT2D eigenvalue weighted by molar-refractivity contribution is -0.124. The summed E-state index contributed by atoms with van der Waals surface area (Å²) < 4.78 is 5.55. The van der Waals surface area contributed by atoms with Crippen molar-refractivity contribution in [1.29, 1.82) is 0 Å². The maximum Gasteiger partial charge on any atom is 0.258 e. The van der Waals surface area contributed by atoms with Crippen molar-refractivity contribution in [2.45, 2.75) is 52.0 Å². The predicted octanol–water partition coefficient (Wildman–Crippen LogP) is 3.03. The number of ether oxygens (including phenoxy) is 1. The van der Waals surface area contributed by atoms with Gasteiger partial charge in [0.15, 0.2) is 12.4 Å². The molecule has 0 radical (unpaired) electrons. The van der Waals surface area contributed by atoms with Crippen molar-refractivity contribution in [3.8, 4) is 5.75 Å². The van der Waals surface area contributed by atoms with Crippen LogP contribution in [-0.4, -0.2) is 24.3 Å². The predicted molar refractivity (Wildman–Crippen MR) is 81.7 cm³/mol. The Hall–Kier alpha value is -1.84. The SMILES string of the molecule is CC(=O)c1ccc(C)cc1OCC(=O)NC1CCCCC1. The molecule has 2 rings (SSSR count). The van der Waals surface area contributed by atoms with E-state index in [2.05, 4.69) is 5.32 Å². The van der Waals surface area contributed by atoms with Crippen LogP contribution in [0.4, 0.5) is 0 Å². The minimum Gasteiger partial charge on any atom is -0.483 e. The van der Waals surface area contributed by atoms with Crippen molar-refractivity contribution >= 4 is 11.7 Å². The first-order valence-electron chi connectivity index (χ1n) is 7.60. The van der Waals surface area contributed by atoms with Crippen LogP contribution < -0.4 is 10.1 Å². The molecule has 0 bridgehead atoms. The van der Waals surface area contributed by atoms with Gasteiger partial charge in [0.05, 0.1) is 5.56 Å². The first kappa shape index (κ1) is 15.5. The van der Waals surface area contributed by atoms with E-state index < -0.39 is 0 Å². The molecular formula is C17H23NO3. The number of carbonyl (C=O) groups is 2. The van der Waals surface area contributed by atoms with Crippen molar-refractivity contribution in [2.24, 2.45) is 0 Å². The van der Waals surface area contributed by atoms with Crippen LogP contribution in [0, 0.1) is 6.92 Å². The van der Waals surface area contributed by atoms with Crippen molar-refractivity contribution in [2.75, 3.05) is 6.61 Å². The van der Waals surface area contributed by atoms with Gasteiger partial charge in [-0.15, -0.1) is 0 Å². The van der Waals surface area contributed by atoms with Crippen LogP contribution in [0.5, 0.6) is 5.75 Å². The Balaban J connectivity index is 1.91. The first-order valence-corrected chi connectivity index (χ1v) is 7.60. The molecule has 1 saturated carbocycles. The summed E-state index contributed by atoms with van der Waals surface area (Å²) in [4.78, 5) is 23.5. The second-order valence-corrected chi connectivity index (χ2v) is 5.75. The van der Waals surface area contributed by atoms with Gasteiger partial charge >= 0.3 is 0 Å². The zero-order valence-corrected chi connectivity index (χ0v) is 12.8. The van der Waals surface area contributed by atoms with E-state index in [0.29, 0.717) is 11.3 Å². The lowest BCUT2D eigenvalue weighted by Gasteiger charge is -2.22. The van der Waals surface area contributed by atoms with Crippen LogP contribution in [0.25, 0.3) is 0 Å². The number of Topliss-reactive ketones (excluding diaryl/α,β-unsaturated/α-hetero) is 1. The summed E-state index contributed by atoms with van der Waals surface area (Å²) in [5, 5.41) is 3.00. The molecule has 1 aliphatic rings. The molecule has 1 amide bonds. The zero-order chi connectivity index (χ0) is 15.2. The third-order valence-corrected chi connectivity index (χ3v) is 3.85. The van der Waals surface area contributed by atoms with Crippen LogP contribution in [0.1, 0.15) is 54.9 Å². The molecule has 0 unspecified atom stereocenters. The van der Waals surface area contributed by atoms with E-state index in [9.17, 15) is 9.59 Å². The second-order valence-electron chi connectivity index (χ2n) is 5.75. The lowest BCUT2D eigenvalue weighted by atomic mass is 9.95. The molecule has 0 spiro atoms. The number of hydrogen-bond donors (Lipinski definition) is 1. The van der Waals surface area contributed by atoms with Crippen molar-refractivity contribution < 1.29 is 14.3 Å². The monoisotopic (exact) mass is 289 g/mol. The maximum absolute atomic E-state index is 11.9. The highest BCUT2D eigenvalue weighted by Gasteiger charge is 2.16. The third-order valence-electron chi connectivity index (χ3n) is 3.85. The number of hydrogen-bond acceptors (Lipinski definition) is 3. The van der Waals surface area contributed by atoms with E-state index in [1.54, 1.807) is 12.1 Å². The molecule has 0 aliphatic heterocycles. The summed E-state index contributed by atoms with van der Waals surface area (Å²) in [6.07, 6.45) is 5.72. The summed E-state index contributed by atoms with van der Waals surface area (Å²) in [7, 11) is 0. The zero-order valence-electron chi connectivity index (χ0n) is 12.8. The number of aryl methyl sites for hydroxylation is 1. The molecule has 21 heavy (non-hydrogen) atoms. The molecule has 114 valence electrons. The summed E-state index contributed by atoms with van der Waals surface area (Å²) in [5.41, 5.74) is 1.52. The number of ketones is 1. The van der Waals surface area contributed by atoms with Gasteiger partial charge in [-0.3, -0.25) is 9.59 Å². The summed E-state index contributed by atoms with van der Waals surface area (Å²) in [6.45, 7) is 3.39. The lowest BCUT2D eigenvalue weighted by Crippen LogP contribution is -2.39. The minimum atomic E-state index is -0.113. The van der Waals surface area contributed by atoms with E-state index in [0.717, 1.165) is 18.4 Å². The standard InChI is InChI=1S/C17H23NO3/c1-12-8-9-15(13(2)19)16(10-12)21-11-17(20)18-14-6-4-3-5-7-14/h8-10,14H,3-7,11H2,1-2H3,(H,18,20). The average molecular weight is 289 g/mol. The Bertz CT molecular complexity index is 519. The fourth-order valence-electron chi connectivity index (χ4n) is 2.70. The minimum absolute atomic E-state index is 0.0414. The van der Waals surface area contributed by atoms with Crippen molar-refractivity contribution in [3.63, 3.8) is 0 Å². The summed E-state index contributed by atoms with van der Waals surface area (Å²) in [6, 6.07) is 5.68. The molecule has 4 nitrogen and oxygen atoms in total. The third kappa shape index (κ3) is 4.59. The fraction of sp³-hybridized carbons (Fsp3) is 0.529. The number of benzene rings is 1. The van der Waals surface area contributed by atoms with Gasteiger partial charge in [-0.05, 0) is 44.4 Å². The van der Waals surface area contributed by atoms with Gasteiger partial charge in [-0.2, -0.15) is 0 Å².